The van der Waals surface area contributed by atoms with Gasteiger partial charge >= 0.3 is 11.9 Å². The quantitative estimate of drug-likeness (QED) is 0.415. The minimum atomic E-state index is -0.692. The van der Waals surface area contributed by atoms with Crippen LogP contribution in [0, 0.1) is 11.8 Å². The van der Waals surface area contributed by atoms with Crippen molar-refractivity contribution in [1.82, 2.24) is 0 Å². The molecule has 0 spiro atoms. The van der Waals surface area contributed by atoms with Gasteiger partial charge in [0.15, 0.2) is 6.10 Å². The van der Waals surface area contributed by atoms with Gasteiger partial charge in [-0.2, -0.15) is 0 Å². The van der Waals surface area contributed by atoms with E-state index in [1.54, 1.807) is 6.08 Å². The van der Waals surface area contributed by atoms with Crippen LogP contribution in [-0.4, -0.2) is 47.1 Å². The van der Waals surface area contributed by atoms with Gasteiger partial charge in [0.1, 0.15) is 23.9 Å². The number of esters is 2. The van der Waals surface area contributed by atoms with Crippen molar-refractivity contribution in [3.63, 3.8) is 0 Å². The zero-order valence-corrected chi connectivity index (χ0v) is 18.6. The highest BCUT2D eigenvalue weighted by atomic mass is 16.6. The molecule has 32 heavy (non-hydrogen) atoms. The molecule has 6 nitrogen and oxygen atoms in total. The lowest BCUT2D eigenvalue weighted by atomic mass is 9.76. The maximum atomic E-state index is 12.9. The highest BCUT2D eigenvalue weighted by molar-refractivity contribution is 5.87. The Bertz CT molecular complexity index is 977. The maximum absolute atomic E-state index is 12.9. The van der Waals surface area contributed by atoms with Crippen LogP contribution in [0.25, 0.3) is 6.08 Å². The molecule has 0 unspecified atom stereocenters. The molecule has 170 valence electrons. The number of aliphatic hydroxyl groups is 1. The Morgan fingerprint density at radius 2 is 1.94 bits per heavy atom. The molecule has 2 aliphatic heterocycles. The summed E-state index contributed by atoms with van der Waals surface area (Å²) in [5, 5.41) is 9.26. The fourth-order valence-corrected chi connectivity index (χ4v) is 6.13. The summed E-state index contributed by atoms with van der Waals surface area (Å²) in [6.45, 7) is 3.47. The summed E-state index contributed by atoms with van der Waals surface area (Å²) in [5.74, 6) is -0.757. The number of carbonyl (C=O) groups is 2. The average molecular weight is 439 g/mol. The van der Waals surface area contributed by atoms with Gasteiger partial charge in [0.05, 0.1) is 0 Å². The Hall–Kier alpha value is -2.44. The van der Waals surface area contributed by atoms with E-state index in [0.717, 1.165) is 36.8 Å². The van der Waals surface area contributed by atoms with E-state index < -0.39 is 42.0 Å². The molecule has 5 rings (SSSR count). The SMILES string of the molecule is CC1=C2[C@@H](CC1)[C@]1(C)O[C@@](C3CC3)(C[C@H]1OC(=O)CO)[C@H]2OC(=O)C=Cc1ccccc1. The van der Waals surface area contributed by atoms with Crippen molar-refractivity contribution in [2.45, 2.75) is 69.4 Å². The summed E-state index contributed by atoms with van der Waals surface area (Å²) in [5.41, 5.74) is 1.95. The van der Waals surface area contributed by atoms with Gasteiger partial charge in [0.2, 0.25) is 0 Å². The predicted molar refractivity (Wildman–Crippen MR) is 117 cm³/mol. The van der Waals surface area contributed by atoms with Crippen LogP contribution in [0.3, 0.4) is 0 Å². The molecule has 6 heteroatoms. The van der Waals surface area contributed by atoms with E-state index in [1.807, 2.05) is 37.3 Å². The number of aliphatic hydroxyl groups excluding tert-OH is 1. The first-order valence-corrected chi connectivity index (χ1v) is 11.5. The number of ether oxygens (including phenoxy) is 3. The lowest BCUT2D eigenvalue weighted by Crippen LogP contribution is -2.57. The van der Waals surface area contributed by atoms with Crippen LogP contribution in [0.2, 0.25) is 0 Å². The smallest absolute Gasteiger partial charge is 0.332 e. The summed E-state index contributed by atoms with van der Waals surface area (Å²) >= 11 is 0. The molecule has 1 N–H and O–H groups in total. The Kier molecular flexibility index (Phi) is 5.25. The largest absolute Gasteiger partial charge is 0.457 e. The number of hydrogen-bond donors (Lipinski definition) is 1. The Balaban J connectivity index is 1.48. The molecular weight excluding hydrogens is 408 g/mol. The molecule has 2 bridgehead atoms. The number of fused-ring (bicyclic) bond motifs is 4. The standard InChI is InChI=1S/C26H30O6/c1-16-8-12-19-23(16)24(31-21(28)13-9-17-6-4-3-5-7-17)26(18-10-11-18)14-20(25(19,2)32-26)30-22(29)15-27/h3-7,9,13,18-20,24,27H,8,10-12,14-15H2,1-2H3/t19-,20-,24+,25+,26-/m1/s1. The van der Waals surface area contributed by atoms with Crippen LogP contribution >= 0.6 is 0 Å². The summed E-state index contributed by atoms with van der Waals surface area (Å²) in [7, 11) is 0. The first-order valence-electron chi connectivity index (χ1n) is 11.5. The summed E-state index contributed by atoms with van der Waals surface area (Å²) in [6.07, 6.45) is 6.54. The van der Waals surface area contributed by atoms with Gasteiger partial charge in [-0.3, -0.25) is 0 Å². The molecule has 1 aromatic rings. The molecule has 5 atom stereocenters. The molecule has 2 saturated heterocycles. The first-order chi connectivity index (χ1) is 15.4. The molecule has 2 aliphatic carbocycles. The third-order valence-corrected chi connectivity index (χ3v) is 7.76. The zero-order chi connectivity index (χ0) is 22.5. The molecule has 2 heterocycles. The van der Waals surface area contributed by atoms with E-state index in [-0.39, 0.29) is 11.8 Å². The summed E-state index contributed by atoms with van der Waals surface area (Å²) in [6, 6.07) is 9.64. The third kappa shape index (κ3) is 3.41. The van der Waals surface area contributed by atoms with Crippen molar-refractivity contribution in [1.29, 1.82) is 0 Å². The minimum Gasteiger partial charge on any atom is -0.457 e. The van der Waals surface area contributed by atoms with Crippen LogP contribution in [0.4, 0.5) is 0 Å². The molecule has 0 amide bonds. The third-order valence-electron chi connectivity index (χ3n) is 7.76. The second-order valence-corrected chi connectivity index (χ2v) is 9.74. The number of hydrogen-bond acceptors (Lipinski definition) is 6. The van der Waals surface area contributed by atoms with E-state index in [9.17, 15) is 14.7 Å². The molecule has 0 aromatic heterocycles. The van der Waals surface area contributed by atoms with E-state index in [0.29, 0.717) is 6.42 Å². The fraction of sp³-hybridized carbons (Fsp3) is 0.538. The topological polar surface area (TPSA) is 82.1 Å². The minimum absolute atomic E-state index is 0.0178. The lowest BCUT2D eigenvalue weighted by molar-refractivity contribution is -0.217. The van der Waals surface area contributed by atoms with Crippen LogP contribution in [0.1, 0.15) is 51.5 Å². The van der Waals surface area contributed by atoms with Gasteiger partial charge in [0, 0.05) is 18.4 Å². The van der Waals surface area contributed by atoms with Crippen molar-refractivity contribution in [2.75, 3.05) is 6.61 Å². The molecule has 1 aromatic carbocycles. The molecule has 0 radical (unpaired) electrons. The maximum Gasteiger partial charge on any atom is 0.332 e. The molecule has 4 aliphatic rings. The van der Waals surface area contributed by atoms with Crippen molar-refractivity contribution in [3.05, 3.63) is 53.1 Å². The number of carbonyl (C=O) groups excluding carboxylic acids is 2. The molecule has 3 fully saturated rings. The van der Waals surface area contributed by atoms with Crippen molar-refractivity contribution >= 4 is 18.0 Å². The van der Waals surface area contributed by atoms with E-state index in [1.165, 1.54) is 11.6 Å². The Labute approximate surface area is 188 Å². The fourth-order valence-electron chi connectivity index (χ4n) is 6.13. The van der Waals surface area contributed by atoms with Crippen LogP contribution in [0.15, 0.2) is 47.6 Å². The van der Waals surface area contributed by atoms with Crippen molar-refractivity contribution in [3.8, 4) is 0 Å². The van der Waals surface area contributed by atoms with E-state index in [4.69, 9.17) is 14.2 Å². The number of rotatable bonds is 6. The monoisotopic (exact) mass is 438 g/mol. The Morgan fingerprint density at radius 3 is 2.62 bits per heavy atom. The summed E-state index contributed by atoms with van der Waals surface area (Å²) < 4.78 is 18.6. The summed E-state index contributed by atoms with van der Waals surface area (Å²) in [4.78, 5) is 24.9. The lowest BCUT2D eigenvalue weighted by Gasteiger charge is -2.48. The second-order valence-electron chi connectivity index (χ2n) is 9.74. The highest BCUT2D eigenvalue weighted by Crippen LogP contribution is 2.65. The van der Waals surface area contributed by atoms with Crippen LogP contribution < -0.4 is 0 Å². The predicted octanol–water partition coefficient (Wildman–Crippen LogP) is 3.58. The Morgan fingerprint density at radius 1 is 1.19 bits per heavy atom. The first kappa shape index (κ1) is 21.4. The number of allylic oxidation sites excluding steroid dienone is 1. The van der Waals surface area contributed by atoms with Gasteiger partial charge in [-0.15, -0.1) is 0 Å². The zero-order valence-electron chi connectivity index (χ0n) is 18.6. The second kappa shape index (κ2) is 7.85. The van der Waals surface area contributed by atoms with E-state index in [2.05, 4.69) is 6.92 Å². The van der Waals surface area contributed by atoms with Gasteiger partial charge in [0.25, 0.3) is 0 Å². The van der Waals surface area contributed by atoms with Crippen LogP contribution in [-0.2, 0) is 23.8 Å². The van der Waals surface area contributed by atoms with Crippen LogP contribution in [0.5, 0.6) is 0 Å². The van der Waals surface area contributed by atoms with Gasteiger partial charge < -0.3 is 19.3 Å². The molecular formula is C26H30O6. The number of benzene rings is 1. The van der Waals surface area contributed by atoms with Gasteiger partial charge in [-0.25, -0.2) is 9.59 Å². The van der Waals surface area contributed by atoms with Gasteiger partial charge in [-0.05, 0) is 62.7 Å². The van der Waals surface area contributed by atoms with E-state index >= 15 is 0 Å². The van der Waals surface area contributed by atoms with Gasteiger partial charge in [-0.1, -0.05) is 35.9 Å². The normalized spacial score (nSPS) is 35.8. The van der Waals surface area contributed by atoms with Crippen molar-refractivity contribution in [2.24, 2.45) is 11.8 Å². The average Bonchev–Trinajstić information content (AvgIpc) is 3.52. The highest BCUT2D eigenvalue weighted by Gasteiger charge is 2.72. The van der Waals surface area contributed by atoms with Crippen molar-refractivity contribution < 1.29 is 28.9 Å². The molecule has 1 saturated carbocycles.